The minimum Gasteiger partial charge on any atom is -0.550 e. The molecule has 2 aromatic carbocycles. The first-order valence-electron chi connectivity index (χ1n) is 9.62. The van der Waals surface area contributed by atoms with Gasteiger partial charge in [0.25, 0.3) is 0 Å². The van der Waals surface area contributed by atoms with Crippen LogP contribution in [0.2, 0.25) is 0 Å². The second-order valence-corrected chi connectivity index (χ2v) is 7.39. The van der Waals surface area contributed by atoms with Gasteiger partial charge in [-0.2, -0.15) is 0 Å². The van der Waals surface area contributed by atoms with Crippen LogP contribution in [0, 0.1) is 0 Å². The quantitative estimate of drug-likeness (QED) is 0.664. The summed E-state index contributed by atoms with van der Waals surface area (Å²) in [6.45, 7) is 3.33. The van der Waals surface area contributed by atoms with Crippen LogP contribution in [0.25, 0.3) is 0 Å². The molecule has 1 unspecified atom stereocenters. The van der Waals surface area contributed by atoms with Crippen LogP contribution >= 0.6 is 0 Å². The number of rotatable bonds is 5. The van der Waals surface area contributed by atoms with Gasteiger partial charge in [0, 0.05) is 49.2 Å². The molecule has 0 bridgehead atoms. The van der Waals surface area contributed by atoms with Crippen LogP contribution in [0.4, 0.5) is 11.4 Å². The molecule has 0 saturated carbocycles. The Morgan fingerprint density at radius 3 is 2.86 bits per heavy atom. The van der Waals surface area contributed by atoms with E-state index in [9.17, 15) is 14.7 Å². The molecule has 0 aromatic heterocycles. The zero-order valence-corrected chi connectivity index (χ0v) is 18.9. The summed E-state index contributed by atoms with van der Waals surface area (Å²) < 4.78 is 5.66. The number of carbonyl (C=O) groups is 2. The molecular formula is C22H23N2NaO4. The smallest absolute Gasteiger partial charge is 0.550 e. The maximum atomic E-state index is 12.1. The van der Waals surface area contributed by atoms with E-state index in [1.165, 1.54) is 5.56 Å². The van der Waals surface area contributed by atoms with E-state index in [-0.39, 0.29) is 47.8 Å². The second-order valence-electron chi connectivity index (χ2n) is 7.39. The van der Waals surface area contributed by atoms with Crippen molar-refractivity contribution in [1.29, 1.82) is 0 Å². The van der Waals surface area contributed by atoms with E-state index >= 15 is 0 Å². The molecule has 0 spiro atoms. The number of para-hydroxylation sites is 1. The summed E-state index contributed by atoms with van der Waals surface area (Å²) in [4.78, 5) is 24.8. The van der Waals surface area contributed by atoms with Crippen molar-refractivity contribution in [3.63, 3.8) is 0 Å². The summed E-state index contributed by atoms with van der Waals surface area (Å²) in [7, 11) is 0. The number of nitrogens with zero attached hydrogens (tertiary/aromatic N) is 1. The van der Waals surface area contributed by atoms with Gasteiger partial charge in [-0.25, -0.2) is 0 Å². The van der Waals surface area contributed by atoms with E-state index in [0.29, 0.717) is 13.2 Å². The molecule has 2 aliphatic heterocycles. The first-order valence-corrected chi connectivity index (χ1v) is 9.62. The van der Waals surface area contributed by atoms with Gasteiger partial charge in [0.05, 0.1) is 12.3 Å². The Labute approximate surface area is 192 Å². The van der Waals surface area contributed by atoms with E-state index in [0.717, 1.165) is 47.6 Å². The Morgan fingerprint density at radius 1 is 1.28 bits per heavy atom. The zero-order valence-electron chi connectivity index (χ0n) is 16.9. The van der Waals surface area contributed by atoms with Gasteiger partial charge in [0.1, 0.15) is 5.75 Å². The molecule has 0 radical (unpaired) electrons. The Hall–Kier alpha value is -2.02. The molecule has 0 fully saturated rings. The fraction of sp³-hybridized carbons (Fsp3) is 0.364. The van der Waals surface area contributed by atoms with Gasteiger partial charge in [-0.05, 0) is 36.5 Å². The van der Waals surface area contributed by atoms with E-state index in [1.807, 2.05) is 35.2 Å². The molecule has 6 nitrogen and oxygen atoms in total. The summed E-state index contributed by atoms with van der Waals surface area (Å²) in [5.74, 6) is -0.429. The van der Waals surface area contributed by atoms with Gasteiger partial charge in [0.15, 0.2) is 0 Å². The average molecular weight is 402 g/mol. The number of hydrogen-bond donors (Lipinski definition) is 1. The number of carboxylic acid groups (broad SMARTS) is 1. The van der Waals surface area contributed by atoms with Gasteiger partial charge >= 0.3 is 29.6 Å². The number of anilines is 2. The van der Waals surface area contributed by atoms with Crippen LogP contribution in [-0.4, -0.2) is 25.0 Å². The van der Waals surface area contributed by atoms with Crippen LogP contribution in [0.15, 0.2) is 36.4 Å². The number of carbonyl (C=O) groups excluding carboxylic acids is 2. The topological polar surface area (TPSA) is 81.7 Å². The predicted molar refractivity (Wildman–Crippen MR) is 104 cm³/mol. The van der Waals surface area contributed by atoms with Gasteiger partial charge < -0.3 is 24.9 Å². The number of aryl methyl sites for hydroxylation is 1. The van der Waals surface area contributed by atoms with Crippen LogP contribution in [0.5, 0.6) is 5.75 Å². The zero-order chi connectivity index (χ0) is 19.7. The fourth-order valence-corrected chi connectivity index (χ4v) is 4.14. The molecule has 0 saturated heterocycles. The Kier molecular flexibility index (Phi) is 6.88. The van der Waals surface area contributed by atoms with Crippen LogP contribution in [-0.2, 0) is 22.6 Å². The minimum atomic E-state index is -1.06. The summed E-state index contributed by atoms with van der Waals surface area (Å²) >= 11 is 0. The van der Waals surface area contributed by atoms with Crippen molar-refractivity contribution in [2.45, 2.75) is 38.6 Å². The first-order chi connectivity index (χ1) is 13.5. The van der Waals surface area contributed by atoms with Crippen molar-refractivity contribution in [2.24, 2.45) is 0 Å². The number of aliphatic carboxylic acids is 1. The van der Waals surface area contributed by atoms with Crippen molar-refractivity contribution in [3.8, 4) is 5.75 Å². The van der Waals surface area contributed by atoms with Crippen molar-refractivity contribution in [3.05, 3.63) is 53.1 Å². The maximum absolute atomic E-state index is 12.1. The van der Waals surface area contributed by atoms with Crippen LogP contribution in [0.1, 0.15) is 42.4 Å². The molecule has 2 heterocycles. The van der Waals surface area contributed by atoms with E-state index in [2.05, 4.69) is 11.4 Å². The first kappa shape index (κ1) is 21.7. The molecule has 1 atom stereocenters. The normalized spacial score (nSPS) is 16.9. The number of hydrogen-bond acceptors (Lipinski definition) is 5. The second kappa shape index (κ2) is 9.20. The Morgan fingerprint density at radius 2 is 2.10 bits per heavy atom. The maximum Gasteiger partial charge on any atom is 1.00 e. The molecule has 29 heavy (non-hydrogen) atoms. The largest absolute Gasteiger partial charge is 1.00 e. The minimum absolute atomic E-state index is 0. The number of ether oxygens (including phenoxy) is 1. The summed E-state index contributed by atoms with van der Waals surface area (Å²) in [6.07, 6.45) is 1.94. The van der Waals surface area contributed by atoms with Crippen molar-refractivity contribution >= 4 is 23.3 Å². The molecule has 1 amide bonds. The van der Waals surface area contributed by atoms with Gasteiger partial charge in [0.2, 0.25) is 5.91 Å². The molecule has 1 N–H and O–H groups in total. The number of fused-ring (bicyclic) bond motifs is 2. The molecule has 7 heteroatoms. The van der Waals surface area contributed by atoms with Crippen molar-refractivity contribution in [2.75, 3.05) is 23.4 Å². The number of nitrogens with one attached hydrogen (secondary N) is 1. The van der Waals surface area contributed by atoms with Crippen LogP contribution in [0.3, 0.4) is 0 Å². The van der Waals surface area contributed by atoms with Crippen LogP contribution < -0.4 is 49.6 Å². The third-order valence-electron chi connectivity index (χ3n) is 5.47. The third kappa shape index (κ3) is 4.60. The summed E-state index contributed by atoms with van der Waals surface area (Å²) in [5, 5.41) is 14.3. The molecule has 0 aliphatic carbocycles. The molecular weight excluding hydrogens is 379 g/mol. The molecule has 2 aromatic rings. The molecule has 2 aliphatic rings. The standard InChI is InChI=1S/C22H24N2O4.Na/c1-14(25)24-9-3-6-15-4-2-5-16(22(15)24)12-23-18-7-8-19-17(10-21(26)27)13-28-20(19)11-18;/h2,4-5,7-8,11,17,23H,3,6,9-10,12-13H2,1H3,(H,26,27);/q;+1/p-1. The SMILES string of the molecule is CC(=O)N1CCCc2cccc(CNc3ccc4c(c3)OCC4CC(=O)[O-])c21.[Na+]. The van der Waals surface area contributed by atoms with E-state index in [1.54, 1.807) is 6.92 Å². The monoisotopic (exact) mass is 402 g/mol. The van der Waals surface area contributed by atoms with Gasteiger partial charge in [-0.15, -0.1) is 0 Å². The number of carboxylic acids is 1. The summed E-state index contributed by atoms with van der Waals surface area (Å²) in [6, 6.07) is 11.9. The average Bonchev–Trinajstić information content (AvgIpc) is 3.07. The molecule has 4 rings (SSSR count). The van der Waals surface area contributed by atoms with Gasteiger partial charge in [-0.3, -0.25) is 4.79 Å². The predicted octanol–water partition coefficient (Wildman–Crippen LogP) is -0.782. The molecule has 146 valence electrons. The Bertz CT molecular complexity index is 931. The summed E-state index contributed by atoms with van der Waals surface area (Å²) in [5.41, 5.74) is 5.14. The third-order valence-corrected chi connectivity index (χ3v) is 5.47. The number of benzene rings is 2. The van der Waals surface area contributed by atoms with Crippen molar-refractivity contribution < 1.29 is 49.0 Å². The van der Waals surface area contributed by atoms with E-state index < -0.39 is 5.97 Å². The van der Waals surface area contributed by atoms with E-state index in [4.69, 9.17) is 4.74 Å². The van der Waals surface area contributed by atoms with Crippen molar-refractivity contribution in [1.82, 2.24) is 0 Å². The van der Waals surface area contributed by atoms with Gasteiger partial charge in [-0.1, -0.05) is 24.3 Å². The fourth-order valence-electron chi connectivity index (χ4n) is 4.14. The Balaban J connectivity index is 0.00000240. The number of amides is 1.